The molecule has 4 nitrogen and oxygen atoms in total. The van der Waals surface area contributed by atoms with Crippen LogP contribution in [-0.4, -0.2) is 27.2 Å². The lowest BCUT2D eigenvalue weighted by molar-refractivity contribution is -0.121. The second kappa shape index (κ2) is 9.26. The van der Waals surface area contributed by atoms with E-state index in [9.17, 15) is 4.79 Å². The summed E-state index contributed by atoms with van der Waals surface area (Å²) in [6.45, 7) is 4.01. The lowest BCUT2D eigenvalue weighted by Gasteiger charge is -2.18. The summed E-state index contributed by atoms with van der Waals surface area (Å²) in [6, 6.07) is 10.7. The maximum atomic E-state index is 12.5. The Balaban J connectivity index is 1.56. The normalized spacial score (nSPS) is 16.8. The van der Waals surface area contributed by atoms with Crippen LogP contribution < -0.4 is 5.32 Å². The van der Waals surface area contributed by atoms with E-state index in [1.807, 2.05) is 32.0 Å². The number of amides is 1. The van der Waals surface area contributed by atoms with Gasteiger partial charge in [0, 0.05) is 18.2 Å². The summed E-state index contributed by atoms with van der Waals surface area (Å²) in [5.74, 6) is 0.126. The van der Waals surface area contributed by atoms with Gasteiger partial charge in [-0.15, -0.1) is 0 Å². The third-order valence-electron chi connectivity index (χ3n) is 5.04. The predicted molar refractivity (Wildman–Crippen MR) is 108 cm³/mol. The Kier molecular flexibility index (Phi) is 6.78. The SMILES string of the molecule is Cc1[nH]c(S[C@H](C)C(=O)NC2CCCCCC2)nc1Cc1ccccc1. The van der Waals surface area contributed by atoms with Gasteiger partial charge in [0.2, 0.25) is 5.91 Å². The van der Waals surface area contributed by atoms with Crippen LogP contribution in [0.1, 0.15) is 62.4 Å². The van der Waals surface area contributed by atoms with Gasteiger partial charge in [0.15, 0.2) is 5.16 Å². The minimum Gasteiger partial charge on any atom is -0.352 e. The van der Waals surface area contributed by atoms with Crippen molar-refractivity contribution in [2.24, 2.45) is 0 Å². The van der Waals surface area contributed by atoms with E-state index in [1.165, 1.54) is 43.0 Å². The van der Waals surface area contributed by atoms with Crippen molar-refractivity contribution in [3.8, 4) is 0 Å². The molecule has 140 valence electrons. The van der Waals surface area contributed by atoms with Crippen LogP contribution in [0.4, 0.5) is 0 Å². The first kappa shape index (κ1) is 19.0. The number of carbonyl (C=O) groups is 1. The number of rotatable bonds is 6. The largest absolute Gasteiger partial charge is 0.352 e. The molecule has 0 spiro atoms. The number of imidazole rings is 1. The van der Waals surface area contributed by atoms with E-state index in [-0.39, 0.29) is 11.2 Å². The highest BCUT2D eigenvalue weighted by Gasteiger charge is 2.21. The van der Waals surface area contributed by atoms with E-state index in [2.05, 4.69) is 22.4 Å². The molecule has 1 saturated carbocycles. The van der Waals surface area contributed by atoms with Crippen LogP contribution in [0.3, 0.4) is 0 Å². The monoisotopic (exact) mass is 371 g/mol. The Morgan fingerprint density at radius 2 is 1.92 bits per heavy atom. The molecule has 0 radical (unpaired) electrons. The van der Waals surface area contributed by atoms with E-state index in [0.29, 0.717) is 6.04 Å². The van der Waals surface area contributed by atoms with Gasteiger partial charge in [0.25, 0.3) is 0 Å². The van der Waals surface area contributed by atoms with Crippen molar-refractivity contribution in [3.63, 3.8) is 0 Å². The molecule has 1 fully saturated rings. The fourth-order valence-electron chi connectivity index (χ4n) is 3.45. The van der Waals surface area contributed by atoms with Crippen LogP contribution in [0.25, 0.3) is 0 Å². The number of nitrogens with zero attached hydrogens (tertiary/aromatic N) is 1. The van der Waals surface area contributed by atoms with Crippen LogP contribution in [0.5, 0.6) is 0 Å². The standard InChI is InChI=1S/C21H29N3OS/c1-15-19(14-17-10-6-5-7-11-17)24-21(22-15)26-16(2)20(25)23-18-12-8-3-4-9-13-18/h5-7,10-11,16,18H,3-4,8-9,12-14H2,1-2H3,(H,22,24)(H,23,25)/t16-/m1/s1. The molecule has 3 rings (SSSR count). The van der Waals surface area contributed by atoms with Crippen LogP contribution in [0.2, 0.25) is 0 Å². The van der Waals surface area contributed by atoms with E-state index >= 15 is 0 Å². The van der Waals surface area contributed by atoms with Crippen molar-refractivity contribution in [1.82, 2.24) is 15.3 Å². The average molecular weight is 372 g/mol. The summed E-state index contributed by atoms with van der Waals surface area (Å²) in [4.78, 5) is 20.6. The van der Waals surface area contributed by atoms with Crippen molar-refractivity contribution < 1.29 is 4.79 Å². The Hall–Kier alpha value is -1.75. The second-order valence-electron chi connectivity index (χ2n) is 7.23. The topological polar surface area (TPSA) is 57.8 Å². The number of aryl methyl sites for hydroxylation is 1. The zero-order valence-electron chi connectivity index (χ0n) is 15.8. The number of benzene rings is 1. The predicted octanol–water partition coefficient (Wildman–Crippen LogP) is 4.63. The molecular formula is C21H29N3OS. The molecule has 5 heteroatoms. The highest BCUT2D eigenvalue weighted by Crippen LogP contribution is 2.24. The molecule has 1 aromatic carbocycles. The molecular weight excluding hydrogens is 342 g/mol. The number of nitrogens with one attached hydrogen (secondary N) is 2. The first-order valence-electron chi connectivity index (χ1n) is 9.68. The molecule has 0 bridgehead atoms. The van der Waals surface area contributed by atoms with Gasteiger partial charge in [-0.05, 0) is 32.3 Å². The molecule has 1 amide bonds. The van der Waals surface area contributed by atoms with Crippen molar-refractivity contribution in [2.45, 2.75) is 75.2 Å². The number of hydrogen-bond acceptors (Lipinski definition) is 3. The van der Waals surface area contributed by atoms with E-state index < -0.39 is 0 Å². The Morgan fingerprint density at radius 3 is 2.62 bits per heavy atom. The van der Waals surface area contributed by atoms with Gasteiger partial charge in [-0.1, -0.05) is 67.8 Å². The minimum absolute atomic E-state index is 0.126. The summed E-state index contributed by atoms with van der Waals surface area (Å²) in [7, 11) is 0. The maximum absolute atomic E-state index is 12.5. The average Bonchev–Trinajstić information content (AvgIpc) is 2.83. The first-order chi connectivity index (χ1) is 12.6. The Labute approximate surface area is 160 Å². The van der Waals surface area contributed by atoms with Crippen molar-refractivity contribution in [1.29, 1.82) is 0 Å². The Morgan fingerprint density at radius 1 is 1.23 bits per heavy atom. The van der Waals surface area contributed by atoms with E-state index in [1.54, 1.807) is 0 Å². The molecule has 0 aliphatic heterocycles. The third-order valence-corrected chi connectivity index (χ3v) is 6.02. The van der Waals surface area contributed by atoms with Crippen LogP contribution in [0, 0.1) is 6.92 Å². The molecule has 2 N–H and O–H groups in total. The number of hydrogen-bond donors (Lipinski definition) is 2. The quantitative estimate of drug-likeness (QED) is 0.575. The zero-order valence-corrected chi connectivity index (χ0v) is 16.6. The molecule has 1 aliphatic carbocycles. The Bertz CT molecular complexity index is 705. The van der Waals surface area contributed by atoms with E-state index in [4.69, 9.17) is 4.98 Å². The van der Waals surface area contributed by atoms with Gasteiger partial charge >= 0.3 is 0 Å². The summed E-state index contributed by atoms with van der Waals surface area (Å²) in [5.41, 5.74) is 3.38. The maximum Gasteiger partial charge on any atom is 0.233 e. The van der Waals surface area contributed by atoms with E-state index in [0.717, 1.165) is 35.8 Å². The fourth-order valence-corrected chi connectivity index (χ4v) is 4.33. The van der Waals surface area contributed by atoms with Crippen molar-refractivity contribution in [2.75, 3.05) is 0 Å². The number of aromatic amines is 1. The van der Waals surface area contributed by atoms with Crippen LogP contribution >= 0.6 is 11.8 Å². The summed E-state index contributed by atoms with van der Waals surface area (Å²) < 4.78 is 0. The summed E-state index contributed by atoms with van der Waals surface area (Å²) >= 11 is 1.51. The highest BCUT2D eigenvalue weighted by atomic mass is 32.2. The lowest BCUT2D eigenvalue weighted by atomic mass is 10.1. The zero-order chi connectivity index (χ0) is 18.4. The second-order valence-corrected chi connectivity index (χ2v) is 8.56. The van der Waals surface area contributed by atoms with Crippen molar-refractivity contribution in [3.05, 3.63) is 47.3 Å². The van der Waals surface area contributed by atoms with Crippen LogP contribution in [-0.2, 0) is 11.2 Å². The molecule has 2 aromatic rings. The highest BCUT2D eigenvalue weighted by molar-refractivity contribution is 8.00. The van der Waals surface area contributed by atoms with Gasteiger partial charge < -0.3 is 10.3 Å². The van der Waals surface area contributed by atoms with Crippen LogP contribution in [0.15, 0.2) is 35.5 Å². The van der Waals surface area contributed by atoms with Gasteiger partial charge in [-0.25, -0.2) is 4.98 Å². The molecule has 1 heterocycles. The number of aromatic nitrogens is 2. The number of carbonyl (C=O) groups excluding carboxylic acids is 1. The van der Waals surface area contributed by atoms with Gasteiger partial charge in [0.05, 0.1) is 10.9 Å². The van der Waals surface area contributed by atoms with Gasteiger partial charge in [-0.2, -0.15) is 0 Å². The summed E-state index contributed by atoms with van der Waals surface area (Å²) in [6.07, 6.45) is 8.10. The van der Waals surface area contributed by atoms with Gasteiger partial charge in [-0.3, -0.25) is 4.79 Å². The first-order valence-corrected chi connectivity index (χ1v) is 10.6. The van der Waals surface area contributed by atoms with Gasteiger partial charge in [0.1, 0.15) is 0 Å². The summed E-state index contributed by atoms with van der Waals surface area (Å²) in [5, 5.41) is 3.92. The number of thioether (sulfide) groups is 1. The minimum atomic E-state index is -0.145. The van der Waals surface area contributed by atoms with Crippen molar-refractivity contribution >= 4 is 17.7 Å². The third kappa shape index (κ3) is 5.37. The molecule has 0 unspecified atom stereocenters. The number of H-pyrrole nitrogens is 1. The fraction of sp³-hybridized carbons (Fsp3) is 0.524. The lowest BCUT2D eigenvalue weighted by Crippen LogP contribution is -2.39. The molecule has 1 aromatic heterocycles. The molecule has 1 aliphatic rings. The molecule has 26 heavy (non-hydrogen) atoms. The molecule has 0 saturated heterocycles. The smallest absolute Gasteiger partial charge is 0.233 e. The molecule has 1 atom stereocenters.